The van der Waals surface area contributed by atoms with E-state index in [0.29, 0.717) is 11.7 Å². The first-order valence-corrected chi connectivity index (χ1v) is 6.29. The Hall–Kier alpha value is -0.820. The van der Waals surface area contributed by atoms with E-state index >= 15 is 0 Å². The van der Waals surface area contributed by atoms with Crippen LogP contribution < -0.4 is 17.0 Å². The smallest absolute Gasteiger partial charge is 0.125 e. The van der Waals surface area contributed by atoms with E-state index in [2.05, 4.69) is 24.2 Å². The van der Waals surface area contributed by atoms with Crippen LogP contribution in [-0.2, 0) is 9.47 Å². The van der Waals surface area contributed by atoms with Gasteiger partial charge in [0.1, 0.15) is 12.2 Å². The van der Waals surface area contributed by atoms with Crippen molar-refractivity contribution in [2.45, 2.75) is 38.5 Å². The molecule has 0 saturated carbocycles. The van der Waals surface area contributed by atoms with Gasteiger partial charge in [-0.25, -0.2) is 0 Å². The summed E-state index contributed by atoms with van der Waals surface area (Å²) in [4.78, 5) is 2.34. The van der Waals surface area contributed by atoms with Crippen LogP contribution in [0, 0.1) is 0 Å². The molecule has 0 spiro atoms. The molecule has 0 aromatic heterocycles. The molecule has 0 bridgehead atoms. The molecule has 1 heterocycles. The number of nitrogens with zero attached hydrogens (tertiary/aromatic N) is 1. The molecule has 106 valence electrons. The molecule has 0 amide bonds. The molecular weight excluding hydrogens is 232 g/mol. The highest BCUT2D eigenvalue weighted by molar-refractivity contribution is 5.17. The number of methoxy groups -OCH3 is 2. The summed E-state index contributed by atoms with van der Waals surface area (Å²) in [7, 11) is 3.32. The molecule has 18 heavy (non-hydrogen) atoms. The number of hydrogen-bond acceptors (Lipinski definition) is 6. The van der Waals surface area contributed by atoms with Crippen molar-refractivity contribution in [2.24, 2.45) is 11.6 Å². The second-order valence-corrected chi connectivity index (χ2v) is 4.85. The summed E-state index contributed by atoms with van der Waals surface area (Å²) in [6.07, 6.45) is 0.417. The van der Waals surface area contributed by atoms with Gasteiger partial charge in [-0.3, -0.25) is 10.7 Å². The molecule has 0 aromatic rings. The molecule has 0 radical (unpaired) electrons. The van der Waals surface area contributed by atoms with Gasteiger partial charge in [0.05, 0.1) is 5.70 Å². The highest BCUT2D eigenvalue weighted by Crippen LogP contribution is 2.19. The van der Waals surface area contributed by atoms with E-state index in [4.69, 9.17) is 21.1 Å². The highest BCUT2D eigenvalue weighted by Gasteiger charge is 2.30. The number of ether oxygens (including phenoxy) is 2. The van der Waals surface area contributed by atoms with Crippen LogP contribution in [0.3, 0.4) is 0 Å². The van der Waals surface area contributed by atoms with E-state index in [1.165, 1.54) is 0 Å². The fourth-order valence-electron chi connectivity index (χ4n) is 2.29. The maximum atomic E-state index is 6.11. The van der Waals surface area contributed by atoms with E-state index < -0.39 is 0 Å². The van der Waals surface area contributed by atoms with Crippen molar-refractivity contribution in [2.75, 3.05) is 27.3 Å². The highest BCUT2D eigenvalue weighted by atomic mass is 16.5. The van der Waals surface area contributed by atoms with Gasteiger partial charge in [-0.1, -0.05) is 0 Å². The Labute approximate surface area is 109 Å². The van der Waals surface area contributed by atoms with Crippen LogP contribution in [-0.4, -0.2) is 50.5 Å². The molecule has 6 heteroatoms. The Morgan fingerprint density at radius 1 is 1.33 bits per heavy atom. The van der Waals surface area contributed by atoms with Crippen molar-refractivity contribution in [3.05, 3.63) is 11.4 Å². The molecule has 1 aliphatic rings. The topological polar surface area (TPSA) is 85.8 Å². The fourth-order valence-corrected chi connectivity index (χ4v) is 2.29. The zero-order valence-electron chi connectivity index (χ0n) is 11.8. The maximum absolute atomic E-state index is 6.11. The summed E-state index contributed by atoms with van der Waals surface area (Å²) in [6, 6.07) is 0.443. The predicted octanol–water partition coefficient (Wildman–Crippen LogP) is -0.236. The van der Waals surface area contributed by atoms with Crippen LogP contribution in [0.4, 0.5) is 0 Å². The lowest BCUT2D eigenvalue weighted by molar-refractivity contribution is -0.0414. The first-order chi connectivity index (χ1) is 8.54. The maximum Gasteiger partial charge on any atom is 0.125 e. The third-order valence-electron chi connectivity index (χ3n) is 3.52. The molecule has 0 aromatic carbocycles. The largest absolute Gasteiger partial charge is 0.398 e. The van der Waals surface area contributed by atoms with Gasteiger partial charge < -0.3 is 20.6 Å². The lowest BCUT2D eigenvalue weighted by Crippen LogP contribution is -2.49. The van der Waals surface area contributed by atoms with Crippen molar-refractivity contribution in [3.63, 3.8) is 0 Å². The summed E-state index contributed by atoms with van der Waals surface area (Å²) >= 11 is 0. The predicted molar refractivity (Wildman–Crippen MR) is 71.5 cm³/mol. The second-order valence-electron chi connectivity index (χ2n) is 4.85. The lowest BCUT2D eigenvalue weighted by atomic mass is 10.0. The van der Waals surface area contributed by atoms with Crippen LogP contribution >= 0.6 is 0 Å². The number of hydrazine groups is 1. The van der Waals surface area contributed by atoms with Crippen molar-refractivity contribution >= 4 is 0 Å². The Balaban J connectivity index is 3.01. The van der Waals surface area contributed by atoms with Gasteiger partial charge in [0.2, 0.25) is 0 Å². The Bertz CT molecular complexity index is 294. The van der Waals surface area contributed by atoms with Crippen LogP contribution in [0.1, 0.15) is 20.3 Å². The van der Waals surface area contributed by atoms with Crippen LogP contribution in [0.25, 0.3) is 0 Å². The van der Waals surface area contributed by atoms with Crippen molar-refractivity contribution in [1.29, 1.82) is 0 Å². The van der Waals surface area contributed by atoms with E-state index in [9.17, 15) is 0 Å². The minimum atomic E-state index is -0.275. The summed E-state index contributed by atoms with van der Waals surface area (Å²) in [6.45, 7) is 6.02. The molecule has 0 saturated heterocycles. The second kappa shape index (κ2) is 6.94. The van der Waals surface area contributed by atoms with Gasteiger partial charge in [-0.05, 0) is 13.8 Å². The minimum absolute atomic E-state index is 0.0963. The standard InChI is InChI=1S/C12H26N4O2/c1-8(2)16-6-5-9(15-14)11(13)12(18-4)10(7-16)17-3/h8,10,12,15H,5-7,13-14H2,1-4H3/b11-9-. The quantitative estimate of drug-likeness (QED) is 0.477. The first-order valence-electron chi connectivity index (χ1n) is 6.29. The summed E-state index contributed by atoms with van der Waals surface area (Å²) < 4.78 is 11.0. The molecule has 1 rings (SSSR count). The van der Waals surface area contributed by atoms with E-state index in [0.717, 1.165) is 25.2 Å². The van der Waals surface area contributed by atoms with Gasteiger partial charge in [0.25, 0.3) is 0 Å². The van der Waals surface area contributed by atoms with Gasteiger partial charge >= 0.3 is 0 Å². The summed E-state index contributed by atoms with van der Waals surface area (Å²) in [5, 5.41) is 0. The summed E-state index contributed by atoms with van der Waals surface area (Å²) in [5.74, 6) is 5.54. The number of rotatable bonds is 4. The monoisotopic (exact) mass is 258 g/mol. The Kier molecular flexibility index (Phi) is 5.87. The van der Waals surface area contributed by atoms with Gasteiger partial charge in [-0.2, -0.15) is 0 Å². The average Bonchev–Trinajstić information content (AvgIpc) is 2.34. The molecule has 2 atom stereocenters. The van der Waals surface area contributed by atoms with Crippen LogP contribution in [0.5, 0.6) is 0 Å². The van der Waals surface area contributed by atoms with Gasteiger partial charge in [-0.15, -0.1) is 0 Å². The minimum Gasteiger partial charge on any atom is -0.398 e. The molecule has 0 aliphatic carbocycles. The zero-order chi connectivity index (χ0) is 13.7. The van der Waals surface area contributed by atoms with E-state index in [-0.39, 0.29) is 12.2 Å². The lowest BCUT2D eigenvalue weighted by Gasteiger charge is -2.36. The molecular formula is C12H26N4O2. The number of hydrogen-bond donors (Lipinski definition) is 3. The third kappa shape index (κ3) is 3.35. The average molecular weight is 258 g/mol. The molecule has 6 nitrogen and oxygen atoms in total. The third-order valence-corrected chi connectivity index (χ3v) is 3.52. The molecule has 1 aliphatic heterocycles. The number of nitrogens with two attached hydrogens (primary N) is 2. The first kappa shape index (κ1) is 15.2. The number of nitrogens with one attached hydrogen (secondary N) is 1. The van der Waals surface area contributed by atoms with Crippen molar-refractivity contribution in [3.8, 4) is 0 Å². The van der Waals surface area contributed by atoms with Crippen LogP contribution in [0.15, 0.2) is 11.4 Å². The summed E-state index contributed by atoms with van der Waals surface area (Å²) in [5.41, 5.74) is 10.3. The Morgan fingerprint density at radius 2 is 2.00 bits per heavy atom. The zero-order valence-corrected chi connectivity index (χ0v) is 11.8. The molecule has 5 N–H and O–H groups in total. The van der Waals surface area contributed by atoms with Crippen LogP contribution in [0.2, 0.25) is 0 Å². The normalized spacial score (nSPS) is 31.2. The fraction of sp³-hybridized carbons (Fsp3) is 0.833. The van der Waals surface area contributed by atoms with Crippen molar-refractivity contribution < 1.29 is 9.47 Å². The van der Waals surface area contributed by atoms with E-state index in [1.807, 2.05) is 0 Å². The van der Waals surface area contributed by atoms with Gasteiger partial charge in [0.15, 0.2) is 0 Å². The van der Waals surface area contributed by atoms with E-state index in [1.54, 1.807) is 14.2 Å². The SMILES string of the molecule is COC1CN(C(C)C)CC/C(NN)=C(/N)C1OC. The van der Waals surface area contributed by atoms with Crippen molar-refractivity contribution in [1.82, 2.24) is 10.3 Å². The van der Waals surface area contributed by atoms with Gasteiger partial charge in [0, 0.05) is 45.5 Å². The molecule has 2 unspecified atom stereocenters. The molecule has 0 fully saturated rings. The Morgan fingerprint density at radius 3 is 2.44 bits per heavy atom.